The molecule has 2 aromatic carbocycles. The van der Waals surface area contributed by atoms with Gasteiger partial charge >= 0.3 is 0 Å². The number of nitrogens with zero attached hydrogens (tertiary/aromatic N) is 2. The number of carbonyl (C=O) groups is 1. The van der Waals surface area contributed by atoms with Crippen molar-refractivity contribution < 1.29 is 4.79 Å². The molecule has 2 heterocycles. The zero-order valence-corrected chi connectivity index (χ0v) is 16.3. The van der Waals surface area contributed by atoms with E-state index in [0.29, 0.717) is 10.6 Å². The summed E-state index contributed by atoms with van der Waals surface area (Å²) in [6, 6.07) is 13.4. The van der Waals surface area contributed by atoms with Crippen LogP contribution in [0.25, 0.3) is 10.9 Å². The molecule has 0 aliphatic carbocycles. The summed E-state index contributed by atoms with van der Waals surface area (Å²) in [5.74, 6) is 0.0106. The molecule has 1 aromatic heterocycles. The SMILES string of the molecule is O=C(c1cnc2ccc(Cl)cc2c1Nc1ccc(Br)cc1)N1CCCC1. The maximum atomic E-state index is 13.0. The molecule has 1 saturated heterocycles. The molecule has 1 aliphatic heterocycles. The summed E-state index contributed by atoms with van der Waals surface area (Å²) in [6.07, 6.45) is 3.76. The summed E-state index contributed by atoms with van der Waals surface area (Å²) in [4.78, 5) is 19.4. The Morgan fingerprint density at radius 3 is 2.58 bits per heavy atom. The van der Waals surface area contributed by atoms with Crippen LogP contribution in [0.5, 0.6) is 0 Å². The van der Waals surface area contributed by atoms with Crippen molar-refractivity contribution in [3.05, 3.63) is 63.7 Å². The first-order valence-corrected chi connectivity index (χ1v) is 9.69. The van der Waals surface area contributed by atoms with Gasteiger partial charge in [0, 0.05) is 39.9 Å². The van der Waals surface area contributed by atoms with Crippen molar-refractivity contribution in [2.45, 2.75) is 12.8 Å². The monoisotopic (exact) mass is 429 g/mol. The van der Waals surface area contributed by atoms with Crippen LogP contribution in [0.2, 0.25) is 5.02 Å². The number of carbonyl (C=O) groups excluding carboxylic acids is 1. The summed E-state index contributed by atoms with van der Waals surface area (Å²) < 4.78 is 0.999. The Labute approximate surface area is 165 Å². The maximum Gasteiger partial charge on any atom is 0.257 e. The Morgan fingerprint density at radius 1 is 1.12 bits per heavy atom. The highest BCUT2D eigenvalue weighted by Crippen LogP contribution is 2.32. The number of amides is 1. The number of hydrogen-bond donors (Lipinski definition) is 1. The van der Waals surface area contributed by atoms with Crippen LogP contribution in [0.15, 0.2) is 53.1 Å². The summed E-state index contributed by atoms with van der Waals surface area (Å²) in [6.45, 7) is 1.59. The van der Waals surface area contributed by atoms with E-state index in [2.05, 4.69) is 26.2 Å². The van der Waals surface area contributed by atoms with Gasteiger partial charge in [-0.15, -0.1) is 0 Å². The van der Waals surface area contributed by atoms with E-state index in [1.165, 1.54) is 0 Å². The Bertz CT molecular complexity index is 969. The summed E-state index contributed by atoms with van der Waals surface area (Å²) in [7, 11) is 0. The second-order valence-corrected chi connectivity index (χ2v) is 7.69. The fourth-order valence-electron chi connectivity index (χ4n) is 3.23. The first kappa shape index (κ1) is 17.3. The van der Waals surface area contributed by atoms with E-state index in [1.54, 1.807) is 6.20 Å². The zero-order chi connectivity index (χ0) is 18.1. The highest BCUT2D eigenvalue weighted by Gasteiger charge is 2.23. The number of halogens is 2. The summed E-state index contributed by atoms with van der Waals surface area (Å²) in [5, 5.41) is 4.86. The van der Waals surface area contributed by atoms with E-state index < -0.39 is 0 Å². The number of benzene rings is 2. The van der Waals surface area contributed by atoms with E-state index in [-0.39, 0.29) is 5.91 Å². The third-order valence-corrected chi connectivity index (χ3v) is 5.33. The molecule has 0 spiro atoms. The number of hydrogen-bond acceptors (Lipinski definition) is 3. The maximum absolute atomic E-state index is 13.0. The van der Waals surface area contributed by atoms with Crippen LogP contribution in [0.3, 0.4) is 0 Å². The molecule has 26 heavy (non-hydrogen) atoms. The smallest absolute Gasteiger partial charge is 0.257 e. The van der Waals surface area contributed by atoms with Crippen LogP contribution < -0.4 is 5.32 Å². The van der Waals surface area contributed by atoms with Crippen LogP contribution in [0.1, 0.15) is 23.2 Å². The van der Waals surface area contributed by atoms with Gasteiger partial charge in [0.2, 0.25) is 0 Å². The zero-order valence-electron chi connectivity index (χ0n) is 14.0. The van der Waals surface area contributed by atoms with Gasteiger partial charge in [0.1, 0.15) is 0 Å². The van der Waals surface area contributed by atoms with Gasteiger partial charge in [-0.1, -0.05) is 27.5 Å². The van der Waals surface area contributed by atoms with E-state index >= 15 is 0 Å². The summed E-state index contributed by atoms with van der Waals surface area (Å²) >= 11 is 9.66. The number of pyridine rings is 1. The molecule has 0 unspecified atom stereocenters. The van der Waals surface area contributed by atoms with Crippen LogP contribution in [-0.2, 0) is 0 Å². The fourth-order valence-corrected chi connectivity index (χ4v) is 3.67. The van der Waals surface area contributed by atoms with Crippen molar-refractivity contribution >= 4 is 55.7 Å². The van der Waals surface area contributed by atoms with Crippen molar-refractivity contribution in [3.63, 3.8) is 0 Å². The molecule has 3 aromatic rings. The van der Waals surface area contributed by atoms with Gasteiger partial charge in [-0.25, -0.2) is 0 Å². The number of aromatic nitrogens is 1. The molecule has 4 rings (SSSR count). The number of likely N-dealkylation sites (tertiary alicyclic amines) is 1. The van der Waals surface area contributed by atoms with Crippen LogP contribution in [0, 0.1) is 0 Å². The molecule has 6 heteroatoms. The highest BCUT2D eigenvalue weighted by atomic mass is 79.9. The molecule has 1 amide bonds. The molecule has 4 nitrogen and oxygen atoms in total. The first-order valence-electron chi connectivity index (χ1n) is 8.52. The standard InChI is InChI=1S/C20H17BrClN3O/c21-13-3-6-15(7-4-13)24-19-16-11-14(22)5-8-18(16)23-12-17(19)20(26)25-9-1-2-10-25/h3-8,11-12H,1-2,9-10H2,(H,23,24). The number of fused-ring (bicyclic) bond motifs is 1. The predicted molar refractivity (Wildman–Crippen MR) is 109 cm³/mol. The van der Waals surface area contributed by atoms with Crippen molar-refractivity contribution in [3.8, 4) is 0 Å². The first-order chi connectivity index (χ1) is 12.6. The Hall–Kier alpha value is -2.11. The Balaban J connectivity index is 1.84. The number of rotatable bonds is 3. The second-order valence-electron chi connectivity index (χ2n) is 6.34. The lowest BCUT2D eigenvalue weighted by Gasteiger charge is -2.19. The van der Waals surface area contributed by atoms with Crippen molar-refractivity contribution in [1.29, 1.82) is 0 Å². The normalized spacial score (nSPS) is 14.0. The molecule has 0 bridgehead atoms. The van der Waals surface area contributed by atoms with Crippen molar-refractivity contribution in [2.75, 3.05) is 18.4 Å². The van der Waals surface area contributed by atoms with Crippen LogP contribution >= 0.6 is 27.5 Å². The van der Waals surface area contributed by atoms with Gasteiger partial charge in [0.15, 0.2) is 0 Å². The molecule has 1 N–H and O–H groups in total. The Kier molecular flexibility index (Phi) is 4.83. The molecule has 0 saturated carbocycles. The molecule has 0 radical (unpaired) electrons. The van der Waals surface area contributed by atoms with Gasteiger partial charge in [0.05, 0.1) is 16.8 Å². The lowest BCUT2D eigenvalue weighted by atomic mass is 10.1. The Morgan fingerprint density at radius 2 is 1.85 bits per heavy atom. The topological polar surface area (TPSA) is 45.2 Å². The van der Waals surface area contributed by atoms with Gasteiger partial charge in [-0.3, -0.25) is 9.78 Å². The highest BCUT2D eigenvalue weighted by molar-refractivity contribution is 9.10. The quantitative estimate of drug-likeness (QED) is 0.585. The van der Waals surface area contributed by atoms with Gasteiger partial charge in [0.25, 0.3) is 5.91 Å². The third-order valence-electron chi connectivity index (χ3n) is 4.57. The van der Waals surface area contributed by atoms with E-state index in [0.717, 1.165) is 52.7 Å². The average molecular weight is 431 g/mol. The molecule has 0 atom stereocenters. The minimum Gasteiger partial charge on any atom is -0.354 e. The van der Waals surface area contributed by atoms with Crippen molar-refractivity contribution in [2.24, 2.45) is 0 Å². The lowest BCUT2D eigenvalue weighted by Crippen LogP contribution is -2.28. The largest absolute Gasteiger partial charge is 0.354 e. The van der Waals surface area contributed by atoms with Crippen molar-refractivity contribution in [1.82, 2.24) is 9.88 Å². The van der Waals surface area contributed by atoms with Gasteiger partial charge in [-0.2, -0.15) is 0 Å². The second kappa shape index (κ2) is 7.25. The van der Waals surface area contributed by atoms with E-state index in [9.17, 15) is 4.79 Å². The van der Waals surface area contributed by atoms with Gasteiger partial charge < -0.3 is 10.2 Å². The van der Waals surface area contributed by atoms with Crippen LogP contribution in [0.4, 0.5) is 11.4 Å². The molecular formula is C20H17BrClN3O. The van der Waals surface area contributed by atoms with E-state index in [1.807, 2.05) is 47.4 Å². The lowest BCUT2D eigenvalue weighted by molar-refractivity contribution is 0.0793. The average Bonchev–Trinajstić information content (AvgIpc) is 3.18. The fraction of sp³-hybridized carbons (Fsp3) is 0.200. The number of nitrogens with one attached hydrogen (secondary N) is 1. The van der Waals surface area contributed by atoms with E-state index in [4.69, 9.17) is 11.6 Å². The minimum atomic E-state index is 0.0106. The predicted octanol–water partition coefficient (Wildman–Crippen LogP) is 5.63. The molecule has 1 aliphatic rings. The minimum absolute atomic E-state index is 0.0106. The number of anilines is 2. The summed E-state index contributed by atoms with van der Waals surface area (Å²) in [5.41, 5.74) is 3.02. The van der Waals surface area contributed by atoms with Crippen LogP contribution in [-0.4, -0.2) is 28.9 Å². The molecular weight excluding hydrogens is 414 g/mol. The van der Waals surface area contributed by atoms with Gasteiger partial charge in [-0.05, 0) is 55.3 Å². The molecule has 132 valence electrons. The molecule has 1 fully saturated rings. The third kappa shape index (κ3) is 3.41.